The summed E-state index contributed by atoms with van der Waals surface area (Å²) < 4.78 is 8.66. The summed E-state index contributed by atoms with van der Waals surface area (Å²) in [4.78, 5) is 14.9. The van der Waals surface area contributed by atoms with Crippen molar-refractivity contribution in [1.82, 2.24) is 19.5 Å². The molecule has 8 aromatic carbocycles. The number of hydrogen-bond donors (Lipinski definition) is 0. The number of benzene rings is 8. The zero-order chi connectivity index (χ0) is 37.0. The molecule has 0 fully saturated rings. The maximum Gasteiger partial charge on any atom is 0.164 e. The summed E-state index contributed by atoms with van der Waals surface area (Å²) >= 11 is 0. The highest BCUT2D eigenvalue weighted by molar-refractivity contribution is 6.14. The maximum absolute atomic E-state index is 6.27. The van der Waals surface area contributed by atoms with Gasteiger partial charge in [-0.3, -0.25) is 0 Å². The second kappa shape index (κ2) is 13.0. The fourth-order valence-electron chi connectivity index (χ4n) is 8.03. The molecule has 0 aliphatic carbocycles. The van der Waals surface area contributed by atoms with E-state index in [1.165, 1.54) is 10.8 Å². The highest BCUT2D eigenvalue weighted by Crippen LogP contribution is 2.40. The Balaban J connectivity index is 1.04. The van der Waals surface area contributed by atoms with E-state index in [2.05, 4.69) is 126 Å². The van der Waals surface area contributed by atoms with Gasteiger partial charge in [0.05, 0.1) is 11.0 Å². The van der Waals surface area contributed by atoms with E-state index in [0.717, 1.165) is 77.6 Å². The second-order valence-corrected chi connectivity index (χ2v) is 14.0. The molecule has 0 saturated heterocycles. The molecule has 0 amide bonds. The molecule has 11 aromatic rings. The van der Waals surface area contributed by atoms with Crippen molar-refractivity contribution in [2.24, 2.45) is 0 Å². The predicted molar refractivity (Wildman–Crippen MR) is 229 cm³/mol. The molecule has 0 bridgehead atoms. The summed E-state index contributed by atoms with van der Waals surface area (Å²) in [6.07, 6.45) is 0. The van der Waals surface area contributed by atoms with Gasteiger partial charge < -0.3 is 8.98 Å². The molecule has 0 radical (unpaired) electrons. The highest BCUT2D eigenvalue weighted by atomic mass is 16.3. The van der Waals surface area contributed by atoms with E-state index in [0.29, 0.717) is 17.5 Å². The van der Waals surface area contributed by atoms with Gasteiger partial charge in [0.2, 0.25) is 0 Å². The van der Waals surface area contributed by atoms with Crippen molar-refractivity contribution >= 4 is 43.7 Å². The van der Waals surface area contributed by atoms with Crippen molar-refractivity contribution in [3.63, 3.8) is 0 Å². The van der Waals surface area contributed by atoms with Gasteiger partial charge in [-0.25, -0.2) is 15.0 Å². The molecule has 262 valence electrons. The third-order valence-corrected chi connectivity index (χ3v) is 10.6. The van der Waals surface area contributed by atoms with Crippen LogP contribution in [0.5, 0.6) is 0 Å². The monoisotopic (exact) mass is 716 g/mol. The Morgan fingerprint density at radius 3 is 1.66 bits per heavy atom. The molecule has 0 spiro atoms. The molecule has 56 heavy (non-hydrogen) atoms. The van der Waals surface area contributed by atoms with Crippen LogP contribution in [0.15, 0.2) is 199 Å². The van der Waals surface area contributed by atoms with E-state index in [1.54, 1.807) is 0 Å². The number of hydrogen-bond acceptors (Lipinski definition) is 4. The smallest absolute Gasteiger partial charge is 0.164 e. The average Bonchev–Trinajstić information content (AvgIpc) is 3.83. The number of nitrogens with zero attached hydrogens (tertiary/aromatic N) is 4. The lowest BCUT2D eigenvalue weighted by molar-refractivity contribution is 0.669. The Hall–Kier alpha value is -7.63. The molecule has 0 aliphatic rings. The van der Waals surface area contributed by atoms with E-state index in [4.69, 9.17) is 19.4 Å². The van der Waals surface area contributed by atoms with Crippen LogP contribution in [0, 0.1) is 0 Å². The Morgan fingerprint density at radius 2 is 0.893 bits per heavy atom. The van der Waals surface area contributed by atoms with Gasteiger partial charge in [-0.05, 0) is 64.7 Å². The third-order valence-electron chi connectivity index (χ3n) is 10.6. The molecule has 0 atom stereocenters. The zero-order valence-corrected chi connectivity index (χ0v) is 30.2. The van der Waals surface area contributed by atoms with Crippen LogP contribution in [0.3, 0.4) is 0 Å². The molecule has 11 rings (SSSR count). The van der Waals surface area contributed by atoms with Gasteiger partial charge in [-0.1, -0.05) is 152 Å². The van der Waals surface area contributed by atoms with E-state index < -0.39 is 0 Å². The minimum absolute atomic E-state index is 0.631. The van der Waals surface area contributed by atoms with Crippen molar-refractivity contribution in [1.29, 1.82) is 0 Å². The molecular weight excluding hydrogens is 685 g/mol. The van der Waals surface area contributed by atoms with Crippen LogP contribution in [0.1, 0.15) is 0 Å². The van der Waals surface area contributed by atoms with Gasteiger partial charge in [0.15, 0.2) is 17.5 Å². The van der Waals surface area contributed by atoms with Crippen LogP contribution < -0.4 is 0 Å². The van der Waals surface area contributed by atoms with E-state index >= 15 is 0 Å². The molecule has 0 saturated carbocycles. The molecule has 0 N–H and O–H groups in total. The Bertz CT molecular complexity index is 3200. The molecule has 5 heteroatoms. The van der Waals surface area contributed by atoms with Crippen LogP contribution in [0.4, 0.5) is 0 Å². The topological polar surface area (TPSA) is 56.7 Å². The number of para-hydroxylation sites is 2. The lowest BCUT2D eigenvalue weighted by Gasteiger charge is -2.12. The number of furan rings is 1. The lowest BCUT2D eigenvalue weighted by atomic mass is 9.98. The van der Waals surface area contributed by atoms with Crippen molar-refractivity contribution in [2.45, 2.75) is 0 Å². The van der Waals surface area contributed by atoms with Gasteiger partial charge in [0.25, 0.3) is 0 Å². The maximum atomic E-state index is 6.27. The van der Waals surface area contributed by atoms with Crippen molar-refractivity contribution in [3.8, 4) is 62.1 Å². The van der Waals surface area contributed by atoms with Gasteiger partial charge in [-0.2, -0.15) is 0 Å². The quantitative estimate of drug-likeness (QED) is 0.172. The summed E-state index contributed by atoms with van der Waals surface area (Å²) in [5, 5.41) is 4.68. The fourth-order valence-corrected chi connectivity index (χ4v) is 8.03. The second-order valence-electron chi connectivity index (χ2n) is 14.0. The summed E-state index contributed by atoms with van der Waals surface area (Å²) in [6, 6.07) is 67.6. The van der Waals surface area contributed by atoms with Crippen LogP contribution in [0.2, 0.25) is 0 Å². The third kappa shape index (κ3) is 5.37. The summed E-state index contributed by atoms with van der Waals surface area (Å²) in [7, 11) is 0. The first-order valence-electron chi connectivity index (χ1n) is 18.8. The average molecular weight is 717 g/mol. The molecular formula is C51H32N4O. The first kappa shape index (κ1) is 31.9. The Kier molecular flexibility index (Phi) is 7.42. The predicted octanol–water partition coefficient (Wildman–Crippen LogP) is 13.2. The zero-order valence-electron chi connectivity index (χ0n) is 30.2. The Labute approximate surface area is 322 Å². The largest absolute Gasteiger partial charge is 0.456 e. The highest BCUT2D eigenvalue weighted by Gasteiger charge is 2.18. The van der Waals surface area contributed by atoms with Crippen LogP contribution in [-0.4, -0.2) is 19.5 Å². The van der Waals surface area contributed by atoms with E-state index in [9.17, 15) is 0 Å². The summed E-state index contributed by atoms with van der Waals surface area (Å²) in [6.45, 7) is 0. The van der Waals surface area contributed by atoms with E-state index in [-0.39, 0.29) is 0 Å². The minimum atomic E-state index is 0.631. The van der Waals surface area contributed by atoms with Crippen molar-refractivity contribution in [3.05, 3.63) is 194 Å². The normalized spacial score (nSPS) is 11.6. The van der Waals surface area contributed by atoms with Crippen LogP contribution in [0.25, 0.3) is 106 Å². The van der Waals surface area contributed by atoms with Gasteiger partial charge in [0.1, 0.15) is 11.2 Å². The first-order chi connectivity index (χ1) is 27.7. The molecule has 5 nitrogen and oxygen atoms in total. The Morgan fingerprint density at radius 1 is 0.339 bits per heavy atom. The number of aromatic nitrogens is 4. The molecule has 0 aliphatic heterocycles. The molecule has 0 unspecified atom stereocenters. The van der Waals surface area contributed by atoms with Gasteiger partial charge in [-0.15, -0.1) is 0 Å². The lowest BCUT2D eigenvalue weighted by Crippen LogP contribution is -2.00. The SMILES string of the molecule is c1ccc(-c2nc(-c3ccccc3)nc(-c3cccc(-c4cccc(-n5c6ccccc6c6ccc(-c7cccc8oc9ccccc9c78)cc65)c4)c3)n2)cc1. The summed E-state index contributed by atoms with van der Waals surface area (Å²) in [5.41, 5.74) is 12.5. The number of fused-ring (bicyclic) bond motifs is 6. The van der Waals surface area contributed by atoms with Crippen molar-refractivity contribution in [2.75, 3.05) is 0 Å². The number of rotatable bonds is 6. The minimum Gasteiger partial charge on any atom is -0.456 e. The van der Waals surface area contributed by atoms with Crippen molar-refractivity contribution < 1.29 is 4.42 Å². The standard InChI is InChI=1S/C51H32N4O/c1-3-14-33(15-4-1)49-52-50(34-16-5-2-6-17-34)54-51(53-49)38-20-11-18-35(30-38)36-19-12-21-39(31-36)55-44-25-9-7-22-41(44)42-29-28-37(32-45(42)55)40-24-13-27-47-48(40)43-23-8-10-26-46(43)56-47/h1-32H. The first-order valence-corrected chi connectivity index (χ1v) is 18.8. The molecule has 3 heterocycles. The van der Waals surface area contributed by atoms with Crippen LogP contribution >= 0.6 is 0 Å². The van der Waals surface area contributed by atoms with Gasteiger partial charge >= 0.3 is 0 Å². The molecule has 3 aromatic heterocycles. The summed E-state index contributed by atoms with van der Waals surface area (Å²) in [5.74, 6) is 1.92. The van der Waals surface area contributed by atoms with Crippen LogP contribution in [-0.2, 0) is 0 Å². The van der Waals surface area contributed by atoms with E-state index in [1.807, 2.05) is 72.8 Å². The van der Waals surface area contributed by atoms with Gasteiger partial charge in [0, 0.05) is 43.9 Å². The fraction of sp³-hybridized carbons (Fsp3) is 0.